The van der Waals surface area contributed by atoms with Crippen molar-refractivity contribution in [1.82, 2.24) is 0 Å². The van der Waals surface area contributed by atoms with Crippen LogP contribution in [-0.2, 0) is 4.79 Å². The standard InChI is InChI=1S/C13H17NO6/c1-7(13(16)17)14-12(15)8-5-9(18-2)11(20-4)10(6-8)19-3/h5-7H,1-4H3,(H,14,15)(H,16,17)/p-1/t7-/m1/s1. The van der Waals surface area contributed by atoms with Gasteiger partial charge in [-0.2, -0.15) is 0 Å². The maximum Gasteiger partial charge on any atom is 0.328 e. The number of aliphatic carboxylic acids is 1. The third-order valence-electron chi connectivity index (χ3n) is 2.58. The molecule has 0 saturated carbocycles. The molecule has 1 aromatic rings. The lowest BCUT2D eigenvalue weighted by atomic mass is 10.1. The lowest BCUT2D eigenvalue weighted by Crippen LogP contribution is -2.24. The van der Waals surface area contributed by atoms with Gasteiger partial charge < -0.3 is 24.4 Å². The van der Waals surface area contributed by atoms with Crippen LogP contribution in [0, 0.1) is 0 Å². The lowest BCUT2D eigenvalue weighted by Gasteiger charge is -2.17. The van der Waals surface area contributed by atoms with Gasteiger partial charge in [0.1, 0.15) is 6.04 Å². The molecule has 7 nitrogen and oxygen atoms in total. The number of rotatable bonds is 6. The number of carbonyl (C=O) groups is 1. The zero-order chi connectivity index (χ0) is 15.3. The minimum atomic E-state index is -1.18. The van der Waals surface area contributed by atoms with Crippen molar-refractivity contribution in [1.29, 1.82) is 0 Å². The van der Waals surface area contributed by atoms with Crippen molar-refractivity contribution < 1.29 is 29.2 Å². The van der Waals surface area contributed by atoms with Crippen molar-refractivity contribution in [3.05, 3.63) is 17.7 Å². The van der Waals surface area contributed by atoms with Crippen LogP contribution in [0.4, 0.5) is 0 Å². The maximum absolute atomic E-state index is 11.9. The summed E-state index contributed by atoms with van der Waals surface area (Å²) < 4.78 is 15.3. The highest BCUT2D eigenvalue weighted by atomic mass is 16.5. The van der Waals surface area contributed by atoms with E-state index in [1.54, 1.807) is 0 Å². The SMILES string of the molecule is COc1cc(C([O-])=N[C@H](C)C(=O)O)cc(OC)c1OC. The number of carboxylic acids is 1. The molecule has 1 rings (SSSR count). The summed E-state index contributed by atoms with van der Waals surface area (Å²) in [5.41, 5.74) is 0.160. The van der Waals surface area contributed by atoms with Gasteiger partial charge in [-0.05, 0) is 30.5 Å². The molecule has 0 aliphatic heterocycles. The Bertz CT molecular complexity index is 501. The van der Waals surface area contributed by atoms with Crippen LogP contribution in [-0.4, -0.2) is 44.3 Å². The molecule has 0 saturated heterocycles. The van der Waals surface area contributed by atoms with E-state index in [2.05, 4.69) is 4.99 Å². The molecule has 0 aliphatic rings. The highest BCUT2D eigenvalue weighted by Gasteiger charge is 2.14. The van der Waals surface area contributed by atoms with E-state index in [9.17, 15) is 9.90 Å². The topological polar surface area (TPSA) is 100 Å². The van der Waals surface area contributed by atoms with Gasteiger partial charge in [0.15, 0.2) is 11.5 Å². The van der Waals surface area contributed by atoms with Gasteiger partial charge in [0, 0.05) is 0 Å². The molecule has 0 heterocycles. The van der Waals surface area contributed by atoms with Gasteiger partial charge >= 0.3 is 5.97 Å². The number of hydrogen-bond acceptors (Lipinski definition) is 6. The first kappa shape index (κ1) is 15.6. The van der Waals surface area contributed by atoms with E-state index in [0.717, 1.165) is 0 Å². The second-order valence-electron chi connectivity index (χ2n) is 3.86. The average Bonchev–Trinajstić information content (AvgIpc) is 2.45. The molecule has 0 spiro atoms. The van der Waals surface area contributed by atoms with E-state index in [1.807, 2.05) is 0 Å². The molecule has 110 valence electrons. The molecule has 0 bridgehead atoms. The van der Waals surface area contributed by atoms with Gasteiger partial charge in [-0.25, -0.2) is 4.79 Å². The zero-order valence-corrected chi connectivity index (χ0v) is 11.7. The second-order valence-corrected chi connectivity index (χ2v) is 3.86. The van der Waals surface area contributed by atoms with Gasteiger partial charge in [0.05, 0.1) is 21.3 Å². The molecule has 0 aromatic heterocycles. The highest BCUT2D eigenvalue weighted by Crippen LogP contribution is 2.38. The quantitative estimate of drug-likeness (QED) is 0.594. The molecule has 1 N–H and O–H groups in total. The van der Waals surface area contributed by atoms with Gasteiger partial charge in [0.25, 0.3) is 0 Å². The molecule has 0 amide bonds. The Morgan fingerprint density at radius 1 is 1.20 bits per heavy atom. The summed E-state index contributed by atoms with van der Waals surface area (Å²) in [5.74, 6) is -0.899. The summed E-state index contributed by atoms with van der Waals surface area (Å²) in [5, 5.41) is 20.7. The number of ether oxygens (including phenoxy) is 3. The molecular weight excluding hydrogens is 266 g/mol. The maximum atomic E-state index is 11.9. The average molecular weight is 282 g/mol. The molecule has 7 heteroatoms. The monoisotopic (exact) mass is 282 g/mol. The van der Waals surface area contributed by atoms with Crippen molar-refractivity contribution in [2.75, 3.05) is 21.3 Å². The smallest absolute Gasteiger partial charge is 0.328 e. The van der Waals surface area contributed by atoms with Crippen LogP contribution in [0.25, 0.3) is 0 Å². The van der Waals surface area contributed by atoms with E-state index in [0.29, 0.717) is 17.2 Å². The van der Waals surface area contributed by atoms with Crippen LogP contribution in [0.5, 0.6) is 17.2 Å². The van der Waals surface area contributed by atoms with Crippen molar-refractivity contribution in [3.8, 4) is 17.2 Å². The van der Waals surface area contributed by atoms with E-state index < -0.39 is 17.9 Å². The Labute approximate surface area is 116 Å². The van der Waals surface area contributed by atoms with E-state index in [-0.39, 0.29) is 5.56 Å². The van der Waals surface area contributed by atoms with Gasteiger partial charge in [-0.1, -0.05) is 0 Å². The summed E-state index contributed by atoms with van der Waals surface area (Å²) in [6, 6.07) is 1.71. The van der Waals surface area contributed by atoms with Crippen LogP contribution in [0.3, 0.4) is 0 Å². The Morgan fingerprint density at radius 2 is 1.70 bits per heavy atom. The molecule has 0 radical (unpaired) electrons. The van der Waals surface area contributed by atoms with Crippen molar-refractivity contribution in [2.24, 2.45) is 4.99 Å². The Hall–Kier alpha value is -2.44. The predicted octanol–water partition coefficient (Wildman–Crippen LogP) is 0.292. The summed E-state index contributed by atoms with van der Waals surface area (Å²) in [6.45, 7) is 1.32. The zero-order valence-electron chi connectivity index (χ0n) is 11.7. The van der Waals surface area contributed by atoms with E-state index in [1.165, 1.54) is 40.4 Å². The summed E-state index contributed by atoms with van der Waals surface area (Å²) in [4.78, 5) is 14.3. The Morgan fingerprint density at radius 3 is 2.05 bits per heavy atom. The van der Waals surface area contributed by atoms with E-state index in [4.69, 9.17) is 19.3 Å². The van der Waals surface area contributed by atoms with Gasteiger partial charge in [-0.3, -0.25) is 4.99 Å². The molecular formula is C13H16NO6-. The predicted molar refractivity (Wildman–Crippen MR) is 69.7 cm³/mol. The van der Waals surface area contributed by atoms with Crippen molar-refractivity contribution >= 4 is 11.9 Å². The molecule has 0 aliphatic carbocycles. The van der Waals surface area contributed by atoms with Crippen LogP contribution >= 0.6 is 0 Å². The first-order valence-electron chi connectivity index (χ1n) is 5.72. The third kappa shape index (κ3) is 3.31. The minimum Gasteiger partial charge on any atom is -0.858 e. The van der Waals surface area contributed by atoms with Crippen LogP contribution in [0.15, 0.2) is 17.1 Å². The normalized spacial score (nSPS) is 12.7. The minimum absolute atomic E-state index is 0.160. The summed E-state index contributed by atoms with van der Waals surface area (Å²) >= 11 is 0. The molecule has 0 fully saturated rings. The Kier molecular flexibility index (Phi) is 5.19. The third-order valence-corrected chi connectivity index (χ3v) is 2.58. The highest BCUT2D eigenvalue weighted by molar-refractivity contribution is 5.93. The van der Waals surface area contributed by atoms with Crippen molar-refractivity contribution in [2.45, 2.75) is 13.0 Å². The lowest BCUT2D eigenvalue weighted by molar-refractivity contribution is -0.213. The summed E-state index contributed by atoms with van der Waals surface area (Å²) in [6.07, 6.45) is 0. The fourth-order valence-electron chi connectivity index (χ4n) is 1.51. The fraction of sp³-hybridized carbons (Fsp3) is 0.385. The van der Waals surface area contributed by atoms with E-state index >= 15 is 0 Å². The van der Waals surface area contributed by atoms with Crippen LogP contribution < -0.4 is 19.3 Å². The number of carboxylic acid groups (broad SMARTS) is 1. The number of benzene rings is 1. The fourth-order valence-corrected chi connectivity index (χ4v) is 1.51. The Balaban J connectivity index is 3.29. The van der Waals surface area contributed by atoms with Gasteiger partial charge in [-0.15, -0.1) is 0 Å². The number of methoxy groups -OCH3 is 3. The van der Waals surface area contributed by atoms with Crippen LogP contribution in [0.2, 0.25) is 0 Å². The largest absolute Gasteiger partial charge is 0.858 e. The number of nitrogens with zero attached hydrogens (tertiary/aromatic N) is 1. The summed E-state index contributed by atoms with van der Waals surface area (Å²) in [7, 11) is 4.28. The molecule has 1 aromatic carbocycles. The molecule has 0 unspecified atom stereocenters. The number of aliphatic imine (C=N–C) groups is 1. The first-order chi connectivity index (χ1) is 9.44. The molecule has 20 heavy (non-hydrogen) atoms. The first-order valence-corrected chi connectivity index (χ1v) is 5.72. The van der Waals surface area contributed by atoms with Gasteiger partial charge in [0.2, 0.25) is 5.75 Å². The molecule has 1 atom stereocenters. The van der Waals surface area contributed by atoms with Crippen molar-refractivity contribution in [3.63, 3.8) is 0 Å². The second kappa shape index (κ2) is 6.65. The van der Waals surface area contributed by atoms with Crippen LogP contribution in [0.1, 0.15) is 12.5 Å². The number of hydrogen-bond donors (Lipinski definition) is 1.